The molecule has 0 atom stereocenters. The van der Waals surface area contributed by atoms with Crippen LogP contribution in [0.5, 0.6) is 34.5 Å². The number of esters is 1. The second-order valence-electron chi connectivity index (χ2n) is 22.7. The fraction of sp³-hybridized carbons (Fsp3) is 0.448. The maximum Gasteiger partial charge on any atom is 0.340 e. The number of fused-ring (bicyclic) bond motifs is 6. The molecule has 2 aliphatic heterocycles. The van der Waals surface area contributed by atoms with Crippen LogP contribution < -0.4 is 34.6 Å². The van der Waals surface area contributed by atoms with Gasteiger partial charge in [-0.05, 0) is 55.0 Å². The lowest BCUT2D eigenvalue weighted by Crippen LogP contribution is -2.35. The van der Waals surface area contributed by atoms with Gasteiger partial charge in [0, 0.05) is 64.3 Å². The molecule has 0 saturated carbocycles. The van der Waals surface area contributed by atoms with Crippen LogP contribution in [0.4, 0.5) is 22.7 Å². The number of nitrogens with one attached hydrogen (secondary N) is 2. The minimum atomic E-state index is -1.77. The van der Waals surface area contributed by atoms with Crippen molar-refractivity contribution in [2.24, 2.45) is 0 Å². The van der Waals surface area contributed by atoms with E-state index in [1.54, 1.807) is 0 Å². The Kier molecular flexibility index (Phi) is 26.1. The first-order valence-corrected chi connectivity index (χ1v) is 31.7. The van der Waals surface area contributed by atoms with Crippen LogP contribution in [-0.2, 0) is 34.3 Å². The molecule has 0 aliphatic carbocycles. The number of phenols is 2. The minimum absolute atomic E-state index is 0.0165. The molecule has 8 N–H and O–H groups in total. The third kappa shape index (κ3) is 19.3. The van der Waals surface area contributed by atoms with Crippen LogP contribution in [0.25, 0.3) is 0 Å². The summed E-state index contributed by atoms with van der Waals surface area (Å²) in [5.41, 5.74) is -0.810. The molecular weight excluding hydrogens is 1200 g/mol. The maximum atomic E-state index is 14.1. The molecule has 5 aromatic rings. The average molecular weight is 1280 g/mol. The molecule has 21 nitrogen and oxygen atoms in total. The number of phenolic OH excluding ortho intramolecular Hbond substituents is 2. The van der Waals surface area contributed by atoms with E-state index in [0.717, 1.165) is 35.5 Å². The number of halogens is 2. The van der Waals surface area contributed by atoms with Crippen LogP contribution in [0.1, 0.15) is 186 Å². The Morgan fingerprint density at radius 1 is 0.500 bits per heavy atom. The second kappa shape index (κ2) is 34.0. The monoisotopic (exact) mass is 1280 g/mol. The number of ether oxygens (including phenoxy) is 4. The standard InChI is InChI=1S/C67H80Cl2N4O17/c1-2-3-4-5-6-7-8-9-10-11-12-13-14-15-16-17-18-19-20-21-22-23-60(76)70-44-25-28-52(72(39-61(77)78)40-62(79)80)58(33-44)87-30-31-88-59-34-45(26-29-53(59)73(41-63(81)82)42-64(83)84)71-65(85)43-24-27-47-46(32-43)66(86)90-67(47)48-35-50(68)54(74)37-56(48)89-57-38-55(75)51(69)36-49(57)67/h24-29,32-38,74-75H,2-23,30-31,39-42H2,1H3,(H,70,76)(H,71,85)(H,77,78)(H,79,80)(H,81,82)(H,83,84). The maximum absolute atomic E-state index is 14.1. The van der Waals surface area contributed by atoms with E-state index >= 15 is 0 Å². The molecule has 2 aliphatic rings. The highest BCUT2D eigenvalue weighted by Gasteiger charge is 2.54. The molecule has 0 unspecified atom stereocenters. The minimum Gasteiger partial charge on any atom is -0.506 e. The van der Waals surface area contributed by atoms with Gasteiger partial charge in [-0.1, -0.05) is 165 Å². The fourth-order valence-corrected chi connectivity index (χ4v) is 11.7. The Bertz CT molecular complexity index is 3270. The van der Waals surface area contributed by atoms with E-state index < -0.39 is 67.5 Å². The normalized spacial score (nSPS) is 12.5. The zero-order valence-corrected chi connectivity index (χ0v) is 52.1. The number of carbonyl (C=O) groups excluding carboxylic acids is 3. The molecule has 0 fully saturated rings. The number of aliphatic carboxylic acids is 4. The number of nitrogens with zero attached hydrogens (tertiary/aromatic N) is 2. The predicted octanol–water partition coefficient (Wildman–Crippen LogP) is 14.2. The van der Waals surface area contributed by atoms with Crippen molar-refractivity contribution in [3.8, 4) is 34.5 Å². The lowest BCUT2D eigenvalue weighted by molar-refractivity contribution is -0.138. The summed E-state index contributed by atoms with van der Waals surface area (Å²) in [5, 5.41) is 65.4. The molecule has 0 radical (unpaired) electrons. The van der Waals surface area contributed by atoms with Gasteiger partial charge in [-0.3, -0.25) is 28.8 Å². The largest absolute Gasteiger partial charge is 0.506 e. The number of carboxylic acid groups (broad SMARTS) is 4. The van der Waals surface area contributed by atoms with Gasteiger partial charge in [0.25, 0.3) is 5.91 Å². The summed E-state index contributed by atoms with van der Waals surface area (Å²) in [4.78, 5) is 91.2. The van der Waals surface area contributed by atoms with Crippen molar-refractivity contribution in [2.75, 3.05) is 59.8 Å². The second-order valence-corrected chi connectivity index (χ2v) is 23.5. The van der Waals surface area contributed by atoms with Gasteiger partial charge in [0.05, 0.1) is 27.0 Å². The Morgan fingerprint density at radius 3 is 1.31 bits per heavy atom. The number of unbranched alkanes of at least 4 members (excludes halogenated alkanes) is 20. The zero-order valence-electron chi connectivity index (χ0n) is 50.6. The number of anilines is 4. The van der Waals surface area contributed by atoms with Crippen molar-refractivity contribution in [3.05, 3.63) is 117 Å². The van der Waals surface area contributed by atoms with E-state index in [4.69, 9.17) is 42.1 Å². The SMILES string of the molecule is CCCCCCCCCCCCCCCCCCCCCCCC(=O)Nc1ccc(N(CC(=O)O)CC(=O)O)c(OCCOc2cc(NC(=O)c3ccc4c(c3)C(=O)OC43c4cc(Cl)c(O)cc4Oc4cc(O)c(Cl)cc43)ccc2N(CC(=O)O)CC(=O)O)c1. The van der Waals surface area contributed by atoms with Crippen molar-refractivity contribution in [1.29, 1.82) is 0 Å². The van der Waals surface area contributed by atoms with Gasteiger partial charge in [0.1, 0.15) is 73.9 Å². The van der Waals surface area contributed by atoms with Crippen molar-refractivity contribution >= 4 is 87.6 Å². The highest BCUT2D eigenvalue weighted by molar-refractivity contribution is 6.32. The molecule has 0 bridgehead atoms. The smallest absolute Gasteiger partial charge is 0.340 e. The van der Waals surface area contributed by atoms with Crippen LogP contribution in [-0.4, -0.2) is 112 Å². The number of carbonyl (C=O) groups is 7. The summed E-state index contributed by atoms with van der Waals surface area (Å²) < 4.78 is 24.4. The van der Waals surface area contributed by atoms with E-state index in [2.05, 4.69) is 17.6 Å². The third-order valence-electron chi connectivity index (χ3n) is 15.8. The molecule has 1 spiro atoms. The number of carboxylic acids is 4. The van der Waals surface area contributed by atoms with E-state index in [1.165, 1.54) is 182 Å². The summed E-state index contributed by atoms with van der Waals surface area (Å²) in [7, 11) is 0. The van der Waals surface area contributed by atoms with Crippen LogP contribution in [0.15, 0.2) is 78.9 Å². The van der Waals surface area contributed by atoms with Crippen molar-refractivity contribution in [3.63, 3.8) is 0 Å². The zero-order chi connectivity index (χ0) is 64.7. The quantitative estimate of drug-likeness (QED) is 0.0133. The number of rotatable bonds is 40. The number of aromatic hydroxyl groups is 2. The van der Waals surface area contributed by atoms with Gasteiger partial charge in [-0.25, -0.2) is 4.79 Å². The molecule has 23 heteroatoms. The van der Waals surface area contributed by atoms with Crippen LogP contribution >= 0.6 is 23.2 Å². The Hall–Kier alpha value is -8.43. The lowest BCUT2D eigenvalue weighted by atomic mass is 9.77. The van der Waals surface area contributed by atoms with E-state index in [-0.39, 0.29) is 121 Å². The molecule has 90 heavy (non-hydrogen) atoms. The number of hydrogen-bond acceptors (Lipinski definition) is 15. The first-order chi connectivity index (χ1) is 43.3. The summed E-state index contributed by atoms with van der Waals surface area (Å²) in [6.07, 6.45) is 26.4. The molecule has 2 heterocycles. The van der Waals surface area contributed by atoms with Crippen molar-refractivity contribution < 1.29 is 83.1 Å². The molecule has 0 saturated heterocycles. The Morgan fingerprint density at radius 2 is 0.900 bits per heavy atom. The Labute approximate surface area is 533 Å². The first kappa shape index (κ1) is 69.1. The number of amides is 2. The third-order valence-corrected chi connectivity index (χ3v) is 16.4. The van der Waals surface area contributed by atoms with Crippen LogP contribution in [0.3, 0.4) is 0 Å². The summed E-state index contributed by atoms with van der Waals surface area (Å²) in [6.45, 7) is -1.47. The van der Waals surface area contributed by atoms with Gasteiger partial charge >= 0.3 is 29.8 Å². The van der Waals surface area contributed by atoms with Gasteiger partial charge in [0.2, 0.25) is 5.91 Å². The van der Waals surface area contributed by atoms with E-state index in [0.29, 0.717) is 6.42 Å². The molecule has 0 aromatic heterocycles. The van der Waals surface area contributed by atoms with E-state index in [1.807, 2.05) is 0 Å². The van der Waals surface area contributed by atoms with Crippen LogP contribution in [0, 0.1) is 0 Å². The number of hydrogen-bond donors (Lipinski definition) is 8. The highest BCUT2D eigenvalue weighted by atomic mass is 35.5. The van der Waals surface area contributed by atoms with Gasteiger partial charge in [0.15, 0.2) is 5.60 Å². The molecule has 5 aromatic carbocycles. The topological polar surface area (TPSA) is 308 Å². The molecular formula is C67H80Cl2N4O17. The molecule has 484 valence electrons. The summed E-state index contributed by atoms with van der Waals surface area (Å²) in [6, 6.07) is 17.7. The van der Waals surface area contributed by atoms with Crippen molar-refractivity contribution in [2.45, 2.75) is 154 Å². The van der Waals surface area contributed by atoms with Crippen molar-refractivity contribution in [1.82, 2.24) is 0 Å². The molecule has 2 amide bonds. The predicted molar refractivity (Wildman–Crippen MR) is 341 cm³/mol. The summed E-state index contributed by atoms with van der Waals surface area (Å²) >= 11 is 12.7. The number of benzene rings is 5. The lowest BCUT2D eigenvalue weighted by Gasteiger charge is -2.36. The van der Waals surface area contributed by atoms with Crippen LogP contribution in [0.2, 0.25) is 10.0 Å². The fourth-order valence-electron chi connectivity index (χ4n) is 11.4. The molecule has 7 rings (SSSR count). The first-order valence-electron chi connectivity index (χ1n) is 30.9. The van der Waals surface area contributed by atoms with E-state index in [9.17, 15) is 64.2 Å². The van der Waals surface area contributed by atoms with Gasteiger partial charge in [-0.2, -0.15) is 0 Å². The highest BCUT2D eigenvalue weighted by Crippen LogP contribution is 2.59. The van der Waals surface area contributed by atoms with Gasteiger partial charge in [-0.15, -0.1) is 0 Å². The average Bonchev–Trinajstić information content (AvgIpc) is 1.44. The van der Waals surface area contributed by atoms with Gasteiger partial charge < -0.3 is 70.0 Å². The summed E-state index contributed by atoms with van der Waals surface area (Å²) in [5.74, 6) is -8.03. The Balaban J connectivity index is 0.973.